The summed E-state index contributed by atoms with van der Waals surface area (Å²) in [5, 5.41) is 5.84. The lowest BCUT2D eigenvalue weighted by molar-refractivity contribution is -0.153. The quantitative estimate of drug-likeness (QED) is 0.573. The van der Waals surface area contributed by atoms with E-state index in [0.29, 0.717) is 0 Å². The van der Waals surface area contributed by atoms with E-state index < -0.39 is 11.1 Å². The van der Waals surface area contributed by atoms with Crippen molar-refractivity contribution >= 4 is 11.8 Å². The molecule has 0 unspecified atom stereocenters. The Kier molecular flexibility index (Phi) is 1.36. The zero-order chi connectivity index (χ0) is 9.81. The van der Waals surface area contributed by atoms with Crippen LogP contribution in [0.3, 0.4) is 0 Å². The van der Waals surface area contributed by atoms with Crippen molar-refractivity contribution in [1.82, 2.24) is 10.6 Å². The maximum atomic E-state index is 11.8. The second-order valence-corrected chi connectivity index (χ2v) is 4.78. The van der Waals surface area contributed by atoms with Crippen LogP contribution >= 0.6 is 0 Å². The molecular weight excluding hydrogens is 180 g/mol. The predicted octanol–water partition coefficient (Wildman–Crippen LogP) is 0.0778. The maximum Gasteiger partial charge on any atom is 0.246 e. The van der Waals surface area contributed by atoms with Crippen LogP contribution in [0.25, 0.3) is 0 Å². The summed E-state index contributed by atoms with van der Waals surface area (Å²) in [5.74, 6) is 0.0890. The normalized spacial score (nSPS) is 31.7. The minimum absolute atomic E-state index is 0.0445. The first kappa shape index (κ1) is 8.26. The summed E-state index contributed by atoms with van der Waals surface area (Å²) in [4.78, 5) is 23.7. The average Bonchev–Trinajstić information content (AvgIpc) is 2.02. The summed E-state index contributed by atoms with van der Waals surface area (Å²) in [5.41, 5.74) is -1.06. The molecular formula is C10H14N2O2. The predicted molar refractivity (Wildman–Crippen MR) is 49.4 cm³/mol. The molecule has 2 aliphatic carbocycles. The Hall–Kier alpha value is -1.06. The molecule has 1 aliphatic heterocycles. The lowest BCUT2D eigenvalue weighted by Crippen LogP contribution is -2.78. The highest BCUT2D eigenvalue weighted by molar-refractivity contribution is 6.03. The molecule has 4 nitrogen and oxygen atoms in total. The van der Waals surface area contributed by atoms with Gasteiger partial charge in [0.25, 0.3) is 0 Å². The molecule has 0 atom stereocenters. The number of hydrogen-bond donors (Lipinski definition) is 2. The topological polar surface area (TPSA) is 58.2 Å². The van der Waals surface area contributed by atoms with Crippen LogP contribution < -0.4 is 10.6 Å². The van der Waals surface area contributed by atoms with Crippen LogP contribution in [0, 0.1) is 0 Å². The van der Waals surface area contributed by atoms with Gasteiger partial charge in [-0.15, -0.1) is 0 Å². The van der Waals surface area contributed by atoms with Gasteiger partial charge in [0.05, 0.1) is 0 Å². The van der Waals surface area contributed by atoms with Gasteiger partial charge in [0, 0.05) is 0 Å². The summed E-state index contributed by atoms with van der Waals surface area (Å²) in [6, 6.07) is 0. The van der Waals surface area contributed by atoms with Crippen LogP contribution in [0.1, 0.15) is 38.5 Å². The van der Waals surface area contributed by atoms with E-state index in [4.69, 9.17) is 0 Å². The first-order valence-corrected chi connectivity index (χ1v) is 5.32. The molecule has 4 heteroatoms. The van der Waals surface area contributed by atoms with Gasteiger partial charge in [-0.1, -0.05) is 0 Å². The van der Waals surface area contributed by atoms with Crippen molar-refractivity contribution in [1.29, 1.82) is 0 Å². The van der Waals surface area contributed by atoms with Crippen molar-refractivity contribution in [3.05, 3.63) is 0 Å². The maximum absolute atomic E-state index is 11.8. The van der Waals surface area contributed by atoms with E-state index in [0.717, 1.165) is 38.5 Å². The van der Waals surface area contributed by atoms with Crippen LogP contribution in [-0.4, -0.2) is 22.9 Å². The van der Waals surface area contributed by atoms with E-state index in [1.807, 2.05) is 0 Å². The summed E-state index contributed by atoms with van der Waals surface area (Å²) in [6.07, 6.45) is 5.31. The number of carbonyl (C=O) groups is 2. The zero-order valence-corrected chi connectivity index (χ0v) is 8.06. The molecule has 2 saturated carbocycles. The van der Waals surface area contributed by atoms with E-state index in [9.17, 15) is 9.59 Å². The molecule has 0 aromatic rings. The molecule has 1 heterocycles. The largest absolute Gasteiger partial charge is 0.340 e. The Labute approximate surface area is 82.4 Å². The number of amides is 2. The van der Waals surface area contributed by atoms with Gasteiger partial charge in [-0.3, -0.25) is 9.59 Å². The average molecular weight is 194 g/mol. The number of carbonyl (C=O) groups excluding carboxylic acids is 2. The Morgan fingerprint density at radius 1 is 0.786 bits per heavy atom. The van der Waals surface area contributed by atoms with Crippen LogP contribution in [0.15, 0.2) is 0 Å². The lowest BCUT2D eigenvalue weighted by Gasteiger charge is -2.53. The number of piperazine rings is 1. The van der Waals surface area contributed by atoms with Crippen molar-refractivity contribution in [3.63, 3.8) is 0 Å². The molecule has 76 valence electrons. The van der Waals surface area contributed by atoms with Crippen LogP contribution in [0.5, 0.6) is 0 Å². The summed E-state index contributed by atoms with van der Waals surface area (Å²) < 4.78 is 0. The zero-order valence-electron chi connectivity index (χ0n) is 8.06. The minimum atomic E-state index is -0.530. The number of nitrogens with one attached hydrogen (secondary N) is 2. The van der Waals surface area contributed by atoms with Gasteiger partial charge in [-0.05, 0) is 38.5 Å². The Balaban J connectivity index is 1.86. The monoisotopic (exact) mass is 194 g/mol. The highest BCUT2D eigenvalue weighted by atomic mass is 16.2. The molecule has 3 fully saturated rings. The van der Waals surface area contributed by atoms with Crippen LogP contribution in [0.4, 0.5) is 0 Å². The molecule has 2 N–H and O–H groups in total. The van der Waals surface area contributed by atoms with Gasteiger partial charge in [0.15, 0.2) is 0 Å². The lowest BCUT2D eigenvalue weighted by atomic mass is 9.68. The minimum Gasteiger partial charge on any atom is -0.340 e. The number of hydrogen-bond acceptors (Lipinski definition) is 2. The smallest absolute Gasteiger partial charge is 0.246 e. The molecule has 0 radical (unpaired) electrons. The molecule has 2 spiro atoms. The van der Waals surface area contributed by atoms with Gasteiger partial charge in [0.1, 0.15) is 11.1 Å². The molecule has 3 rings (SSSR count). The number of rotatable bonds is 0. The molecule has 1 saturated heterocycles. The Morgan fingerprint density at radius 3 is 1.36 bits per heavy atom. The molecule has 0 aromatic heterocycles. The van der Waals surface area contributed by atoms with Crippen molar-refractivity contribution < 1.29 is 9.59 Å². The molecule has 14 heavy (non-hydrogen) atoms. The molecule has 3 aliphatic rings. The van der Waals surface area contributed by atoms with Gasteiger partial charge >= 0.3 is 0 Å². The van der Waals surface area contributed by atoms with Gasteiger partial charge in [0.2, 0.25) is 11.8 Å². The van der Waals surface area contributed by atoms with E-state index in [1.165, 1.54) is 0 Å². The highest BCUT2D eigenvalue weighted by Crippen LogP contribution is 2.40. The standard InChI is InChI=1S/C10H14N2O2/c13-7-9(3-1-4-9)11-8(14)10(12-7)5-2-6-10/h1-6H2,(H,11,14)(H,12,13). The first-order chi connectivity index (χ1) is 6.67. The second kappa shape index (κ2) is 2.30. The van der Waals surface area contributed by atoms with Gasteiger partial charge in [-0.25, -0.2) is 0 Å². The van der Waals surface area contributed by atoms with Crippen LogP contribution in [-0.2, 0) is 9.59 Å². The Bertz CT molecular complexity index is 284. The SMILES string of the molecule is O=C1NC2(CCC2)C(=O)NC12CCC2. The summed E-state index contributed by atoms with van der Waals surface area (Å²) >= 11 is 0. The van der Waals surface area contributed by atoms with Gasteiger partial charge < -0.3 is 10.6 Å². The first-order valence-electron chi connectivity index (χ1n) is 5.32. The second-order valence-electron chi connectivity index (χ2n) is 4.78. The van der Waals surface area contributed by atoms with Crippen molar-refractivity contribution in [2.24, 2.45) is 0 Å². The molecule has 0 aromatic carbocycles. The van der Waals surface area contributed by atoms with Crippen molar-refractivity contribution in [3.8, 4) is 0 Å². The van der Waals surface area contributed by atoms with E-state index in [-0.39, 0.29) is 11.8 Å². The third kappa shape index (κ3) is 0.792. The van der Waals surface area contributed by atoms with Crippen molar-refractivity contribution in [2.45, 2.75) is 49.6 Å². The fraction of sp³-hybridized carbons (Fsp3) is 0.800. The van der Waals surface area contributed by atoms with E-state index in [1.54, 1.807) is 0 Å². The van der Waals surface area contributed by atoms with Crippen LogP contribution in [0.2, 0.25) is 0 Å². The summed E-state index contributed by atoms with van der Waals surface area (Å²) in [6.45, 7) is 0. The van der Waals surface area contributed by atoms with Gasteiger partial charge in [-0.2, -0.15) is 0 Å². The Morgan fingerprint density at radius 2 is 1.14 bits per heavy atom. The third-order valence-corrected chi connectivity index (χ3v) is 3.99. The van der Waals surface area contributed by atoms with E-state index in [2.05, 4.69) is 10.6 Å². The third-order valence-electron chi connectivity index (χ3n) is 3.99. The summed E-state index contributed by atoms with van der Waals surface area (Å²) in [7, 11) is 0. The molecule has 0 bridgehead atoms. The molecule has 2 amide bonds. The fourth-order valence-electron chi connectivity index (χ4n) is 2.55. The van der Waals surface area contributed by atoms with E-state index >= 15 is 0 Å². The highest BCUT2D eigenvalue weighted by Gasteiger charge is 2.57. The fourth-order valence-corrected chi connectivity index (χ4v) is 2.55. The van der Waals surface area contributed by atoms with Crippen molar-refractivity contribution in [2.75, 3.05) is 0 Å².